The molecule has 0 atom stereocenters. The Morgan fingerprint density at radius 1 is 1.20 bits per heavy atom. The molecule has 1 heterocycles. The topological polar surface area (TPSA) is 66.9 Å². The lowest BCUT2D eigenvalue weighted by Crippen LogP contribution is -2.07. The lowest BCUT2D eigenvalue weighted by Gasteiger charge is -1.96. The Labute approximate surface area is 120 Å². The van der Waals surface area contributed by atoms with Crippen molar-refractivity contribution >= 4 is 33.6 Å². The van der Waals surface area contributed by atoms with Crippen molar-refractivity contribution < 1.29 is 4.79 Å². The SMILES string of the molecule is O=C(C=Cc1ccccc1)Nc1nnc(NC2CC2)s1. The molecule has 0 bridgehead atoms. The van der Waals surface area contributed by atoms with Crippen LogP contribution in [0.2, 0.25) is 0 Å². The van der Waals surface area contributed by atoms with Crippen LogP contribution in [0.25, 0.3) is 6.08 Å². The van der Waals surface area contributed by atoms with Gasteiger partial charge in [-0.25, -0.2) is 0 Å². The average molecular weight is 286 g/mol. The molecule has 1 aliphatic rings. The number of rotatable bonds is 5. The summed E-state index contributed by atoms with van der Waals surface area (Å²) in [6, 6.07) is 10.2. The van der Waals surface area contributed by atoms with E-state index in [2.05, 4.69) is 20.8 Å². The van der Waals surface area contributed by atoms with Crippen molar-refractivity contribution in [3.8, 4) is 0 Å². The molecule has 2 aromatic rings. The molecule has 0 aliphatic heterocycles. The van der Waals surface area contributed by atoms with Gasteiger partial charge in [-0.3, -0.25) is 10.1 Å². The monoisotopic (exact) mass is 286 g/mol. The number of carbonyl (C=O) groups is 1. The predicted octanol–water partition coefficient (Wildman–Crippen LogP) is 2.76. The highest BCUT2D eigenvalue weighted by molar-refractivity contribution is 7.19. The third-order valence-corrected chi connectivity index (χ3v) is 3.56. The largest absolute Gasteiger partial charge is 0.357 e. The first-order valence-corrected chi connectivity index (χ1v) is 7.25. The molecule has 3 rings (SSSR count). The second-order valence-electron chi connectivity index (χ2n) is 4.56. The fraction of sp³-hybridized carbons (Fsp3) is 0.214. The second-order valence-corrected chi connectivity index (χ2v) is 5.54. The average Bonchev–Trinajstić information content (AvgIpc) is 3.17. The summed E-state index contributed by atoms with van der Waals surface area (Å²) in [6.45, 7) is 0. The molecule has 20 heavy (non-hydrogen) atoms. The zero-order valence-corrected chi connectivity index (χ0v) is 11.6. The number of hydrogen-bond donors (Lipinski definition) is 2. The lowest BCUT2D eigenvalue weighted by molar-refractivity contribution is -0.111. The lowest BCUT2D eigenvalue weighted by atomic mass is 10.2. The van der Waals surface area contributed by atoms with E-state index in [9.17, 15) is 4.79 Å². The molecule has 1 aliphatic carbocycles. The van der Waals surface area contributed by atoms with Gasteiger partial charge in [0.1, 0.15) is 0 Å². The van der Waals surface area contributed by atoms with Gasteiger partial charge in [0.15, 0.2) is 0 Å². The number of hydrogen-bond acceptors (Lipinski definition) is 5. The highest BCUT2D eigenvalue weighted by atomic mass is 32.1. The molecule has 0 saturated heterocycles. The first-order chi connectivity index (χ1) is 9.79. The zero-order valence-electron chi connectivity index (χ0n) is 10.7. The Balaban J connectivity index is 1.55. The summed E-state index contributed by atoms with van der Waals surface area (Å²) in [5.74, 6) is -0.206. The quantitative estimate of drug-likeness (QED) is 0.829. The standard InChI is InChI=1S/C14H14N4OS/c19-12(9-6-10-4-2-1-3-5-10)16-14-18-17-13(20-14)15-11-7-8-11/h1-6,9,11H,7-8H2,(H,15,17)(H,16,18,19). The third-order valence-electron chi connectivity index (χ3n) is 2.79. The molecule has 102 valence electrons. The molecule has 2 N–H and O–H groups in total. The van der Waals surface area contributed by atoms with Gasteiger partial charge in [0.2, 0.25) is 16.2 Å². The number of amides is 1. The molecule has 5 nitrogen and oxygen atoms in total. The fourth-order valence-electron chi connectivity index (χ4n) is 1.62. The van der Waals surface area contributed by atoms with Crippen LogP contribution < -0.4 is 10.6 Å². The minimum atomic E-state index is -0.206. The van der Waals surface area contributed by atoms with Gasteiger partial charge in [-0.15, -0.1) is 10.2 Å². The van der Waals surface area contributed by atoms with E-state index in [1.807, 2.05) is 30.3 Å². The zero-order chi connectivity index (χ0) is 13.8. The first kappa shape index (κ1) is 12.8. The second kappa shape index (κ2) is 5.83. The number of nitrogens with zero attached hydrogens (tertiary/aromatic N) is 2. The maximum Gasteiger partial charge on any atom is 0.250 e. The summed E-state index contributed by atoms with van der Waals surface area (Å²) < 4.78 is 0. The van der Waals surface area contributed by atoms with E-state index in [1.165, 1.54) is 30.3 Å². The Morgan fingerprint density at radius 2 is 1.95 bits per heavy atom. The normalized spacial score (nSPS) is 14.4. The Hall–Kier alpha value is -2.21. The van der Waals surface area contributed by atoms with Gasteiger partial charge in [0.05, 0.1) is 0 Å². The van der Waals surface area contributed by atoms with Gasteiger partial charge in [-0.1, -0.05) is 41.7 Å². The molecule has 1 aromatic carbocycles. The van der Waals surface area contributed by atoms with E-state index < -0.39 is 0 Å². The van der Waals surface area contributed by atoms with Crippen LogP contribution in [0.1, 0.15) is 18.4 Å². The van der Waals surface area contributed by atoms with Crippen molar-refractivity contribution in [2.75, 3.05) is 10.6 Å². The van der Waals surface area contributed by atoms with E-state index in [0.29, 0.717) is 11.2 Å². The van der Waals surface area contributed by atoms with Crippen LogP contribution in [0.5, 0.6) is 0 Å². The van der Waals surface area contributed by atoms with Crippen molar-refractivity contribution in [3.05, 3.63) is 42.0 Å². The van der Waals surface area contributed by atoms with E-state index in [1.54, 1.807) is 6.08 Å². The minimum Gasteiger partial charge on any atom is -0.357 e. The molecule has 1 fully saturated rings. The summed E-state index contributed by atoms with van der Waals surface area (Å²) in [5, 5.41) is 15.1. The van der Waals surface area contributed by atoms with Gasteiger partial charge in [-0.05, 0) is 24.5 Å². The van der Waals surface area contributed by atoms with E-state index in [-0.39, 0.29) is 5.91 Å². The molecule has 1 aromatic heterocycles. The molecule has 1 saturated carbocycles. The van der Waals surface area contributed by atoms with Crippen LogP contribution >= 0.6 is 11.3 Å². The number of carbonyl (C=O) groups excluding carboxylic acids is 1. The van der Waals surface area contributed by atoms with Gasteiger partial charge in [-0.2, -0.15) is 0 Å². The summed E-state index contributed by atoms with van der Waals surface area (Å²) in [4.78, 5) is 11.8. The maximum atomic E-state index is 11.8. The van der Waals surface area contributed by atoms with Crippen molar-refractivity contribution in [2.45, 2.75) is 18.9 Å². The number of aromatic nitrogens is 2. The summed E-state index contributed by atoms with van der Waals surface area (Å²) >= 11 is 1.35. The van der Waals surface area contributed by atoms with E-state index >= 15 is 0 Å². The fourth-order valence-corrected chi connectivity index (χ4v) is 2.34. The van der Waals surface area contributed by atoms with Gasteiger partial charge in [0, 0.05) is 12.1 Å². The number of nitrogens with one attached hydrogen (secondary N) is 2. The highest BCUT2D eigenvalue weighted by Crippen LogP contribution is 2.27. The van der Waals surface area contributed by atoms with Crippen LogP contribution in [-0.4, -0.2) is 22.1 Å². The van der Waals surface area contributed by atoms with Gasteiger partial charge in [0.25, 0.3) is 0 Å². The third kappa shape index (κ3) is 3.64. The van der Waals surface area contributed by atoms with E-state index in [4.69, 9.17) is 0 Å². The predicted molar refractivity (Wildman–Crippen MR) is 80.7 cm³/mol. The van der Waals surface area contributed by atoms with Crippen molar-refractivity contribution in [1.29, 1.82) is 0 Å². The highest BCUT2D eigenvalue weighted by Gasteiger charge is 2.22. The maximum absolute atomic E-state index is 11.8. The molecule has 1 amide bonds. The Morgan fingerprint density at radius 3 is 2.70 bits per heavy atom. The molecule has 0 spiro atoms. The van der Waals surface area contributed by atoms with Crippen molar-refractivity contribution in [3.63, 3.8) is 0 Å². The molecule has 0 radical (unpaired) electrons. The summed E-state index contributed by atoms with van der Waals surface area (Å²) in [7, 11) is 0. The van der Waals surface area contributed by atoms with Crippen molar-refractivity contribution in [2.24, 2.45) is 0 Å². The number of anilines is 2. The van der Waals surface area contributed by atoms with Gasteiger partial charge < -0.3 is 5.32 Å². The smallest absolute Gasteiger partial charge is 0.250 e. The first-order valence-electron chi connectivity index (χ1n) is 6.44. The Kier molecular flexibility index (Phi) is 3.73. The van der Waals surface area contributed by atoms with Crippen LogP contribution in [0.3, 0.4) is 0 Å². The summed E-state index contributed by atoms with van der Waals surface area (Å²) in [6.07, 6.45) is 5.62. The van der Waals surface area contributed by atoms with Crippen LogP contribution in [-0.2, 0) is 4.79 Å². The van der Waals surface area contributed by atoms with Crippen LogP contribution in [0.15, 0.2) is 36.4 Å². The Bertz CT molecular complexity index is 619. The minimum absolute atomic E-state index is 0.206. The molecule has 6 heteroatoms. The summed E-state index contributed by atoms with van der Waals surface area (Å²) in [5.41, 5.74) is 0.982. The van der Waals surface area contributed by atoms with Crippen LogP contribution in [0, 0.1) is 0 Å². The van der Waals surface area contributed by atoms with Gasteiger partial charge >= 0.3 is 0 Å². The molecule has 0 unspecified atom stereocenters. The van der Waals surface area contributed by atoms with Crippen LogP contribution in [0.4, 0.5) is 10.3 Å². The van der Waals surface area contributed by atoms with Crippen molar-refractivity contribution in [1.82, 2.24) is 10.2 Å². The molecular formula is C14H14N4OS. The number of benzene rings is 1. The molecular weight excluding hydrogens is 272 g/mol. The van der Waals surface area contributed by atoms with E-state index in [0.717, 1.165) is 10.7 Å².